The highest BCUT2D eigenvalue weighted by Crippen LogP contribution is 2.25. The summed E-state index contributed by atoms with van der Waals surface area (Å²) in [5, 5.41) is 3.40. The number of aryl methyl sites for hydroxylation is 1. The van der Waals surface area contributed by atoms with Gasteiger partial charge in [0.1, 0.15) is 4.64 Å². The zero-order chi connectivity index (χ0) is 12.9. The van der Waals surface area contributed by atoms with Crippen LogP contribution in [0.4, 0.5) is 0 Å². The molecule has 3 rings (SSSR count). The van der Waals surface area contributed by atoms with Gasteiger partial charge in [-0.1, -0.05) is 33.0 Å². The van der Waals surface area contributed by atoms with Crippen LogP contribution in [0.15, 0.2) is 6.07 Å². The van der Waals surface area contributed by atoms with Crippen molar-refractivity contribution in [1.82, 2.24) is 14.6 Å². The summed E-state index contributed by atoms with van der Waals surface area (Å²) >= 11 is 5.61. The fourth-order valence-electron chi connectivity index (χ4n) is 2.54. The van der Waals surface area contributed by atoms with Crippen molar-refractivity contribution in [1.29, 1.82) is 0 Å². The minimum absolute atomic E-state index is 0.0932. The number of aromatic nitrogens is 3. The minimum atomic E-state index is 0.0932. The largest absolute Gasteiger partial charge is 0.295 e. The van der Waals surface area contributed by atoms with E-state index in [1.807, 2.05) is 4.52 Å². The van der Waals surface area contributed by atoms with Crippen molar-refractivity contribution in [2.45, 2.75) is 51.9 Å². The van der Waals surface area contributed by atoms with Crippen LogP contribution in [-0.4, -0.2) is 14.6 Å². The van der Waals surface area contributed by atoms with Gasteiger partial charge in [0.05, 0.1) is 0 Å². The Labute approximate surface area is 112 Å². The predicted molar refractivity (Wildman–Crippen MR) is 75.7 cm³/mol. The smallest absolute Gasteiger partial charge is 0.154 e. The molecule has 4 heteroatoms. The van der Waals surface area contributed by atoms with E-state index >= 15 is 0 Å². The molecule has 0 saturated heterocycles. The van der Waals surface area contributed by atoms with Crippen molar-refractivity contribution < 1.29 is 0 Å². The number of nitrogens with zero attached hydrogens (tertiary/aromatic N) is 2. The lowest BCUT2D eigenvalue weighted by molar-refractivity contribution is 0.561. The lowest BCUT2D eigenvalue weighted by Gasteiger charge is -2.15. The van der Waals surface area contributed by atoms with Crippen molar-refractivity contribution in [3.8, 4) is 0 Å². The zero-order valence-electron chi connectivity index (χ0n) is 11.2. The molecule has 0 radical (unpaired) electrons. The fraction of sp³-hybridized carbons (Fsp3) is 0.571. The topological polar surface area (TPSA) is 33.1 Å². The Kier molecular flexibility index (Phi) is 2.59. The fourth-order valence-corrected chi connectivity index (χ4v) is 2.90. The molecule has 0 bridgehead atoms. The lowest BCUT2D eigenvalue weighted by atomic mass is 9.92. The first-order chi connectivity index (χ1) is 8.47. The summed E-state index contributed by atoms with van der Waals surface area (Å²) in [6.45, 7) is 6.59. The number of nitrogens with one attached hydrogen (secondary N) is 1. The molecule has 3 nitrogen and oxygen atoms in total. The van der Waals surface area contributed by atoms with Crippen molar-refractivity contribution in [3.05, 3.63) is 27.7 Å². The highest BCUT2D eigenvalue weighted by molar-refractivity contribution is 7.71. The molecule has 2 heterocycles. The predicted octanol–water partition coefficient (Wildman–Crippen LogP) is 3.57. The van der Waals surface area contributed by atoms with Crippen LogP contribution in [0.5, 0.6) is 0 Å². The number of fused-ring (bicyclic) bond motifs is 2. The molecule has 0 unspecified atom stereocenters. The van der Waals surface area contributed by atoms with Crippen LogP contribution < -0.4 is 0 Å². The molecule has 0 aliphatic heterocycles. The molecule has 18 heavy (non-hydrogen) atoms. The Morgan fingerprint density at radius 2 is 2.00 bits per heavy atom. The second kappa shape index (κ2) is 3.92. The Balaban J connectivity index is 2.28. The van der Waals surface area contributed by atoms with Crippen LogP contribution >= 0.6 is 12.2 Å². The Morgan fingerprint density at radius 3 is 2.72 bits per heavy atom. The van der Waals surface area contributed by atoms with Crippen molar-refractivity contribution in [3.63, 3.8) is 0 Å². The van der Waals surface area contributed by atoms with Crippen molar-refractivity contribution >= 4 is 17.9 Å². The van der Waals surface area contributed by atoms with E-state index in [2.05, 4.69) is 31.9 Å². The van der Waals surface area contributed by atoms with Gasteiger partial charge in [-0.25, -0.2) is 9.50 Å². The quantitative estimate of drug-likeness (QED) is 0.735. The second-order valence-electron chi connectivity index (χ2n) is 6.16. The van der Waals surface area contributed by atoms with Gasteiger partial charge in [-0.2, -0.15) is 0 Å². The molecular formula is C14H19N3S. The molecule has 1 aliphatic carbocycles. The van der Waals surface area contributed by atoms with Crippen LogP contribution in [0, 0.1) is 4.64 Å². The number of hydrogen-bond acceptors (Lipinski definition) is 2. The highest BCUT2D eigenvalue weighted by Gasteiger charge is 2.20. The molecule has 1 aliphatic rings. The van der Waals surface area contributed by atoms with Gasteiger partial charge in [0.15, 0.2) is 5.65 Å². The maximum Gasteiger partial charge on any atom is 0.154 e. The third-order valence-electron chi connectivity index (χ3n) is 3.69. The first-order valence-corrected chi connectivity index (χ1v) is 7.01. The van der Waals surface area contributed by atoms with Crippen LogP contribution in [0.3, 0.4) is 0 Å². The monoisotopic (exact) mass is 261 g/mol. The van der Waals surface area contributed by atoms with E-state index in [9.17, 15) is 0 Å². The van der Waals surface area contributed by atoms with Crippen LogP contribution in [0.25, 0.3) is 5.65 Å². The third kappa shape index (κ3) is 1.79. The Morgan fingerprint density at radius 1 is 1.28 bits per heavy atom. The van der Waals surface area contributed by atoms with E-state index in [1.54, 1.807) is 0 Å². The Bertz CT molecular complexity index is 658. The van der Waals surface area contributed by atoms with E-state index in [0.29, 0.717) is 0 Å². The molecule has 2 aromatic heterocycles. The molecule has 0 fully saturated rings. The van der Waals surface area contributed by atoms with Crippen LogP contribution in [-0.2, 0) is 18.3 Å². The average Bonchev–Trinajstić information content (AvgIpc) is 2.73. The number of hydrogen-bond donors (Lipinski definition) is 1. The summed E-state index contributed by atoms with van der Waals surface area (Å²) in [5.74, 6) is 0. The number of rotatable bonds is 0. The second-order valence-corrected chi connectivity index (χ2v) is 6.55. The van der Waals surface area contributed by atoms with Gasteiger partial charge < -0.3 is 0 Å². The molecule has 0 saturated carbocycles. The standard InChI is InChI=1S/C14H19N3S/c1-14(2,3)11-8-12-15-10-7-5-4-6-9(10)13(18)17(12)16-11/h8,16H,4-7H2,1-3H3. The molecule has 0 aromatic carbocycles. The van der Waals surface area contributed by atoms with Gasteiger partial charge in [0.2, 0.25) is 0 Å². The van der Waals surface area contributed by atoms with Crippen molar-refractivity contribution in [2.75, 3.05) is 0 Å². The van der Waals surface area contributed by atoms with Gasteiger partial charge in [-0.05, 0) is 25.7 Å². The zero-order valence-corrected chi connectivity index (χ0v) is 12.0. The Hall–Kier alpha value is -1.16. The van der Waals surface area contributed by atoms with E-state index in [4.69, 9.17) is 17.2 Å². The normalized spacial score (nSPS) is 15.9. The number of H-pyrrole nitrogens is 1. The molecule has 0 amide bonds. The van der Waals surface area contributed by atoms with Gasteiger partial charge in [0.25, 0.3) is 0 Å². The summed E-state index contributed by atoms with van der Waals surface area (Å²) in [5.41, 5.74) is 4.73. The summed E-state index contributed by atoms with van der Waals surface area (Å²) in [6.07, 6.45) is 4.62. The number of aromatic amines is 1. The molecule has 2 aromatic rings. The summed E-state index contributed by atoms with van der Waals surface area (Å²) in [7, 11) is 0. The van der Waals surface area contributed by atoms with Gasteiger partial charge in [0, 0.05) is 28.4 Å². The average molecular weight is 261 g/mol. The van der Waals surface area contributed by atoms with E-state index < -0.39 is 0 Å². The SMILES string of the molecule is CC(C)(C)c1cc2nc3c(c(=S)n2[nH]1)CCCC3. The maximum absolute atomic E-state index is 5.61. The van der Waals surface area contributed by atoms with E-state index in [1.165, 1.54) is 29.8 Å². The first-order valence-electron chi connectivity index (χ1n) is 6.61. The van der Waals surface area contributed by atoms with Gasteiger partial charge in [-0.15, -0.1) is 0 Å². The third-order valence-corrected chi connectivity index (χ3v) is 4.12. The lowest BCUT2D eigenvalue weighted by Crippen LogP contribution is -2.12. The minimum Gasteiger partial charge on any atom is -0.295 e. The van der Waals surface area contributed by atoms with E-state index in [0.717, 1.165) is 23.1 Å². The maximum atomic E-state index is 5.61. The molecule has 1 N–H and O–H groups in total. The van der Waals surface area contributed by atoms with Crippen molar-refractivity contribution in [2.24, 2.45) is 0 Å². The highest BCUT2D eigenvalue weighted by atomic mass is 32.1. The van der Waals surface area contributed by atoms with Crippen LogP contribution in [0.1, 0.15) is 50.6 Å². The van der Waals surface area contributed by atoms with Crippen LogP contribution in [0.2, 0.25) is 0 Å². The van der Waals surface area contributed by atoms with Gasteiger partial charge >= 0.3 is 0 Å². The molecular weight excluding hydrogens is 242 g/mol. The summed E-state index contributed by atoms with van der Waals surface area (Å²) in [6, 6.07) is 2.13. The van der Waals surface area contributed by atoms with Gasteiger partial charge in [-0.3, -0.25) is 5.10 Å². The summed E-state index contributed by atoms with van der Waals surface area (Å²) < 4.78 is 2.89. The first kappa shape index (κ1) is 11.9. The molecule has 0 atom stereocenters. The summed E-state index contributed by atoms with van der Waals surface area (Å²) in [4.78, 5) is 4.78. The molecule has 96 valence electrons. The van der Waals surface area contributed by atoms with E-state index in [-0.39, 0.29) is 5.41 Å². The molecule has 0 spiro atoms.